The smallest absolute Gasteiger partial charge is 0.255 e. The molecule has 1 aromatic heterocycles. The van der Waals surface area contributed by atoms with Crippen molar-refractivity contribution >= 4 is 34.8 Å². The number of anilines is 1. The van der Waals surface area contributed by atoms with Crippen LogP contribution in [0.3, 0.4) is 0 Å². The Labute approximate surface area is 120 Å². The molecule has 2 N–H and O–H groups in total. The lowest BCUT2D eigenvalue weighted by Gasteiger charge is -2.08. The normalized spacial score (nSPS) is 10.3. The van der Waals surface area contributed by atoms with Crippen LogP contribution in [-0.4, -0.2) is 16.0 Å². The van der Waals surface area contributed by atoms with E-state index in [0.717, 1.165) is 5.69 Å². The maximum absolute atomic E-state index is 12.0. The number of benzene rings is 1. The number of aryl methyl sites for hydroxylation is 1. The number of carbonyl (C=O) groups is 1. The Kier molecular flexibility index (Phi) is 3.93. The van der Waals surface area contributed by atoms with Crippen molar-refractivity contribution in [2.24, 2.45) is 0 Å². The van der Waals surface area contributed by atoms with Gasteiger partial charge in [-0.05, 0) is 31.2 Å². The molecule has 0 unspecified atom stereocenters. The first-order valence-corrected chi connectivity index (χ1v) is 6.15. The minimum Gasteiger partial charge on any atom is -0.505 e. The van der Waals surface area contributed by atoms with Crippen LogP contribution in [0.4, 0.5) is 5.69 Å². The average Bonchev–Trinajstić information content (AvgIpc) is 2.36. The zero-order chi connectivity index (χ0) is 14.0. The molecule has 2 aromatic rings. The second-order valence-electron chi connectivity index (χ2n) is 3.93. The number of hydrogen-bond donors (Lipinski definition) is 2. The molecule has 0 spiro atoms. The van der Waals surface area contributed by atoms with Crippen molar-refractivity contribution in [3.8, 4) is 5.75 Å². The fourth-order valence-corrected chi connectivity index (χ4v) is 2.01. The van der Waals surface area contributed by atoms with Crippen molar-refractivity contribution in [3.63, 3.8) is 0 Å². The predicted octanol–water partition coefficient (Wildman–Crippen LogP) is 3.65. The summed E-state index contributed by atoms with van der Waals surface area (Å²) in [6.07, 6.45) is 1.56. The lowest BCUT2D eigenvalue weighted by molar-refractivity contribution is 0.102. The van der Waals surface area contributed by atoms with Crippen molar-refractivity contribution in [1.82, 2.24) is 4.98 Å². The maximum atomic E-state index is 12.0. The third-order valence-electron chi connectivity index (χ3n) is 2.43. The molecule has 1 amide bonds. The van der Waals surface area contributed by atoms with Crippen LogP contribution in [0.5, 0.6) is 5.75 Å². The van der Waals surface area contributed by atoms with Crippen molar-refractivity contribution in [1.29, 1.82) is 0 Å². The molecule has 0 aliphatic heterocycles. The molecule has 19 heavy (non-hydrogen) atoms. The molecule has 0 saturated heterocycles. The molecule has 4 nitrogen and oxygen atoms in total. The minimum atomic E-state index is -0.302. The largest absolute Gasteiger partial charge is 0.505 e. The van der Waals surface area contributed by atoms with E-state index in [9.17, 15) is 9.90 Å². The average molecular weight is 297 g/mol. The van der Waals surface area contributed by atoms with Gasteiger partial charge in [0.1, 0.15) is 0 Å². The van der Waals surface area contributed by atoms with E-state index in [4.69, 9.17) is 23.2 Å². The lowest BCUT2D eigenvalue weighted by Crippen LogP contribution is -2.12. The number of aromatic nitrogens is 1. The van der Waals surface area contributed by atoms with Crippen LogP contribution in [0.15, 0.2) is 30.5 Å². The van der Waals surface area contributed by atoms with E-state index in [1.165, 1.54) is 12.1 Å². The summed E-state index contributed by atoms with van der Waals surface area (Å²) in [7, 11) is 0. The molecule has 0 radical (unpaired) electrons. The zero-order valence-corrected chi connectivity index (χ0v) is 11.5. The second kappa shape index (κ2) is 5.47. The van der Waals surface area contributed by atoms with Crippen molar-refractivity contribution in [2.45, 2.75) is 6.92 Å². The van der Waals surface area contributed by atoms with Crippen LogP contribution >= 0.6 is 23.2 Å². The third-order valence-corrected chi connectivity index (χ3v) is 3.01. The summed E-state index contributed by atoms with van der Waals surface area (Å²) in [6, 6.07) is 6.12. The molecule has 98 valence electrons. The van der Waals surface area contributed by atoms with Crippen molar-refractivity contribution in [3.05, 3.63) is 51.8 Å². The first-order chi connectivity index (χ1) is 8.97. The van der Waals surface area contributed by atoms with Crippen molar-refractivity contribution in [2.75, 3.05) is 5.32 Å². The van der Waals surface area contributed by atoms with Gasteiger partial charge < -0.3 is 10.4 Å². The number of rotatable bonds is 2. The molecule has 1 heterocycles. The van der Waals surface area contributed by atoms with E-state index in [0.29, 0.717) is 11.3 Å². The van der Waals surface area contributed by atoms with Crippen LogP contribution < -0.4 is 5.32 Å². The first-order valence-electron chi connectivity index (χ1n) is 5.39. The standard InChI is InChI=1S/C13H10Cl2N2O2/c1-7-4-8(2-3-16-7)13(19)17-9-5-10(14)12(18)11(15)6-9/h2-6,18H,1H3,(H,17,19). The molecular formula is C13H10Cl2N2O2. The van der Waals surface area contributed by atoms with Gasteiger partial charge in [-0.2, -0.15) is 0 Å². The minimum absolute atomic E-state index is 0.0775. The molecule has 0 bridgehead atoms. The van der Waals surface area contributed by atoms with Gasteiger partial charge in [0.25, 0.3) is 5.91 Å². The van der Waals surface area contributed by atoms with E-state index in [2.05, 4.69) is 10.3 Å². The summed E-state index contributed by atoms with van der Waals surface area (Å²) >= 11 is 11.6. The molecule has 0 fully saturated rings. The lowest BCUT2D eigenvalue weighted by atomic mass is 10.2. The van der Waals surface area contributed by atoms with E-state index >= 15 is 0 Å². The number of halogens is 2. The van der Waals surface area contributed by atoms with Gasteiger partial charge in [-0.25, -0.2) is 0 Å². The molecule has 0 atom stereocenters. The summed E-state index contributed by atoms with van der Waals surface area (Å²) in [5.74, 6) is -0.510. The van der Waals surface area contributed by atoms with Gasteiger partial charge in [-0.1, -0.05) is 23.2 Å². The van der Waals surface area contributed by atoms with Crippen LogP contribution in [0.2, 0.25) is 10.0 Å². The van der Waals surface area contributed by atoms with Gasteiger partial charge in [-0.15, -0.1) is 0 Å². The topological polar surface area (TPSA) is 62.2 Å². The highest BCUT2D eigenvalue weighted by molar-refractivity contribution is 6.37. The quantitative estimate of drug-likeness (QED) is 0.832. The fraction of sp³-hybridized carbons (Fsp3) is 0.0769. The Morgan fingerprint density at radius 1 is 1.26 bits per heavy atom. The van der Waals surface area contributed by atoms with Crippen LogP contribution in [-0.2, 0) is 0 Å². The molecular weight excluding hydrogens is 287 g/mol. The number of phenolic OH excluding ortho intramolecular Hbond substituents is 1. The first kappa shape index (κ1) is 13.6. The summed E-state index contributed by atoms with van der Waals surface area (Å²) in [5.41, 5.74) is 1.63. The van der Waals surface area contributed by atoms with Crippen molar-refractivity contribution < 1.29 is 9.90 Å². The second-order valence-corrected chi connectivity index (χ2v) is 4.74. The van der Waals surface area contributed by atoms with Gasteiger partial charge in [0.15, 0.2) is 5.75 Å². The summed E-state index contributed by atoms with van der Waals surface area (Å²) in [5, 5.41) is 12.2. The Balaban J connectivity index is 2.24. The highest BCUT2D eigenvalue weighted by Gasteiger charge is 2.10. The zero-order valence-electron chi connectivity index (χ0n) is 9.95. The Morgan fingerprint density at radius 2 is 1.89 bits per heavy atom. The molecule has 1 aromatic carbocycles. The Hall–Kier alpha value is -1.78. The molecule has 0 aliphatic rings. The Bertz CT molecular complexity index is 621. The SMILES string of the molecule is Cc1cc(C(=O)Nc2cc(Cl)c(O)c(Cl)c2)ccn1. The highest BCUT2D eigenvalue weighted by Crippen LogP contribution is 2.34. The fourth-order valence-electron chi connectivity index (χ4n) is 1.53. The van der Waals surface area contributed by atoms with Gasteiger partial charge >= 0.3 is 0 Å². The highest BCUT2D eigenvalue weighted by atomic mass is 35.5. The molecule has 6 heteroatoms. The van der Waals surface area contributed by atoms with Crippen LogP contribution in [0, 0.1) is 6.92 Å². The van der Waals surface area contributed by atoms with E-state index in [1.54, 1.807) is 25.3 Å². The van der Waals surface area contributed by atoms with Gasteiger partial charge in [0.2, 0.25) is 0 Å². The Morgan fingerprint density at radius 3 is 2.47 bits per heavy atom. The third kappa shape index (κ3) is 3.16. The molecule has 0 saturated carbocycles. The number of carbonyl (C=O) groups excluding carboxylic acids is 1. The van der Waals surface area contributed by atoms with E-state index in [1.807, 2.05) is 0 Å². The van der Waals surface area contributed by atoms with Gasteiger partial charge in [0.05, 0.1) is 10.0 Å². The van der Waals surface area contributed by atoms with Crippen LogP contribution in [0.25, 0.3) is 0 Å². The molecule has 2 rings (SSSR count). The van der Waals surface area contributed by atoms with E-state index in [-0.39, 0.29) is 21.7 Å². The monoisotopic (exact) mass is 296 g/mol. The number of nitrogens with one attached hydrogen (secondary N) is 1. The number of pyridine rings is 1. The number of hydrogen-bond acceptors (Lipinski definition) is 3. The number of phenols is 1. The summed E-state index contributed by atoms with van der Waals surface area (Å²) < 4.78 is 0. The maximum Gasteiger partial charge on any atom is 0.255 e. The summed E-state index contributed by atoms with van der Waals surface area (Å²) in [6.45, 7) is 1.80. The van der Waals surface area contributed by atoms with Crippen LogP contribution in [0.1, 0.15) is 16.1 Å². The van der Waals surface area contributed by atoms with E-state index < -0.39 is 0 Å². The van der Waals surface area contributed by atoms with Gasteiger partial charge in [-0.3, -0.25) is 9.78 Å². The predicted molar refractivity (Wildman–Crippen MR) is 75.1 cm³/mol. The molecule has 0 aliphatic carbocycles. The summed E-state index contributed by atoms with van der Waals surface area (Å²) in [4.78, 5) is 16.0. The van der Waals surface area contributed by atoms with Gasteiger partial charge in [0, 0.05) is 23.1 Å². The number of nitrogens with zero attached hydrogens (tertiary/aromatic N) is 1. The number of amides is 1. The number of aromatic hydroxyl groups is 1.